The number of likely N-dealkylation sites (tertiary alicyclic amines) is 1. The summed E-state index contributed by atoms with van der Waals surface area (Å²) in [5, 5.41) is 7.42. The van der Waals surface area contributed by atoms with E-state index in [9.17, 15) is 0 Å². The van der Waals surface area contributed by atoms with Gasteiger partial charge in [0.15, 0.2) is 0 Å². The van der Waals surface area contributed by atoms with Gasteiger partial charge >= 0.3 is 0 Å². The summed E-state index contributed by atoms with van der Waals surface area (Å²) in [5.74, 6) is -0.833. The predicted molar refractivity (Wildman–Crippen MR) is 45.1 cm³/mol. The molecule has 0 bridgehead atoms. The highest BCUT2D eigenvalue weighted by Crippen LogP contribution is 2.01. The molecule has 0 unspecified atom stereocenters. The molecule has 11 heavy (non-hydrogen) atoms. The highest BCUT2D eigenvalue weighted by Gasteiger charge is 2.03. The van der Waals surface area contributed by atoms with Gasteiger partial charge in [-0.25, -0.2) is 0 Å². The molecule has 0 aromatic carbocycles. The Morgan fingerprint density at radius 3 is 1.73 bits per heavy atom. The molecule has 1 aliphatic rings. The largest absolute Gasteiger partial charge is 0.481 e. The Hall–Kier alpha value is -0.610. The maximum Gasteiger partial charge on any atom is 0.300 e. The van der Waals surface area contributed by atoms with Crippen molar-refractivity contribution in [2.45, 2.75) is 19.8 Å². The Labute approximate surface area is 67.8 Å². The second kappa shape index (κ2) is 7.50. The van der Waals surface area contributed by atoms with Gasteiger partial charge in [0.05, 0.1) is 0 Å². The minimum Gasteiger partial charge on any atom is -0.481 e. The molecule has 0 spiro atoms. The molecule has 1 fully saturated rings. The number of nitrogens with zero attached hydrogens (tertiary/aromatic N) is 1. The second-order valence-corrected chi connectivity index (χ2v) is 2.53. The zero-order valence-corrected chi connectivity index (χ0v) is 7.34. The van der Waals surface area contributed by atoms with Crippen LogP contribution in [-0.2, 0) is 4.79 Å². The molecule has 1 aliphatic heterocycles. The van der Waals surface area contributed by atoms with E-state index in [2.05, 4.69) is 11.9 Å². The summed E-state index contributed by atoms with van der Waals surface area (Å²) >= 11 is 0. The second-order valence-electron chi connectivity index (χ2n) is 2.53. The third kappa shape index (κ3) is 12.6. The van der Waals surface area contributed by atoms with Crippen LogP contribution >= 0.6 is 0 Å². The fourth-order valence-electron chi connectivity index (χ4n) is 0.875. The number of carboxylic acid groups (broad SMARTS) is 1. The Bertz CT molecular complexity index is 96.6. The molecule has 0 aromatic heterocycles. The van der Waals surface area contributed by atoms with Crippen LogP contribution in [0.2, 0.25) is 0 Å². The molecule has 0 aliphatic carbocycles. The van der Waals surface area contributed by atoms with E-state index in [1.165, 1.54) is 25.9 Å². The molecule has 4 N–H and O–H groups in total. The molecule has 1 rings (SSSR count). The van der Waals surface area contributed by atoms with Crippen molar-refractivity contribution in [3.63, 3.8) is 0 Å². The van der Waals surface area contributed by atoms with Crippen molar-refractivity contribution in [1.82, 2.24) is 11.1 Å². The lowest BCUT2D eigenvalue weighted by Gasteiger charge is -2.01. The first-order chi connectivity index (χ1) is 4.63. The molecule has 0 atom stereocenters. The van der Waals surface area contributed by atoms with Crippen LogP contribution in [0.1, 0.15) is 19.8 Å². The van der Waals surface area contributed by atoms with Crippen LogP contribution in [0.5, 0.6) is 0 Å². The Kier molecular flexibility index (Phi) is 8.87. The highest BCUT2D eigenvalue weighted by atomic mass is 16.4. The number of hydrogen-bond acceptors (Lipinski definition) is 3. The van der Waals surface area contributed by atoms with E-state index in [-0.39, 0.29) is 6.15 Å². The number of rotatable bonds is 0. The van der Waals surface area contributed by atoms with Gasteiger partial charge in [-0.1, -0.05) is 0 Å². The van der Waals surface area contributed by atoms with Crippen molar-refractivity contribution < 1.29 is 9.90 Å². The molecule has 0 amide bonds. The first-order valence-electron chi connectivity index (χ1n) is 3.51. The molecule has 1 saturated heterocycles. The zero-order valence-electron chi connectivity index (χ0n) is 7.34. The van der Waals surface area contributed by atoms with Crippen LogP contribution in [0.3, 0.4) is 0 Å². The molecule has 0 radical (unpaired) electrons. The van der Waals surface area contributed by atoms with Crippen molar-refractivity contribution >= 4 is 5.97 Å². The summed E-state index contributed by atoms with van der Waals surface area (Å²) in [5.41, 5.74) is 0. The van der Waals surface area contributed by atoms with Crippen LogP contribution in [-0.4, -0.2) is 36.1 Å². The summed E-state index contributed by atoms with van der Waals surface area (Å²) < 4.78 is 0. The lowest BCUT2D eigenvalue weighted by Crippen LogP contribution is -2.10. The maximum absolute atomic E-state index is 9.00. The third-order valence-electron chi connectivity index (χ3n) is 1.33. The summed E-state index contributed by atoms with van der Waals surface area (Å²) in [6, 6.07) is 0. The van der Waals surface area contributed by atoms with E-state index >= 15 is 0 Å². The van der Waals surface area contributed by atoms with Gasteiger partial charge in [0.25, 0.3) is 5.97 Å². The van der Waals surface area contributed by atoms with E-state index in [1.807, 2.05) is 0 Å². The van der Waals surface area contributed by atoms with Crippen molar-refractivity contribution in [3.8, 4) is 0 Å². The lowest BCUT2D eigenvalue weighted by atomic mass is 10.4. The normalized spacial score (nSPS) is 16.2. The van der Waals surface area contributed by atoms with Gasteiger partial charge in [-0.2, -0.15) is 0 Å². The first-order valence-corrected chi connectivity index (χ1v) is 3.51. The van der Waals surface area contributed by atoms with Crippen molar-refractivity contribution in [2.24, 2.45) is 0 Å². The average Bonchev–Trinajstić information content (AvgIpc) is 2.15. The SMILES string of the molecule is CC(=O)O.CN1CCCC1.N. The average molecular weight is 162 g/mol. The highest BCUT2D eigenvalue weighted by molar-refractivity contribution is 5.62. The van der Waals surface area contributed by atoms with Crippen LogP contribution in [0.25, 0.3) is 0 Å². The minimum absolute atomic E-state index is 0. The van der Waals surface area contributed by atoms with Gasteiger partial charge < -0.3 is 16.2 Å². The Balaban J connectivity index is 0. The number of carboxylic acids is 1. The van der Waals surface area contributed by atoms with Gasteiger partial charge in [-0.15, -0.1) is 0 Å². The van der Waals surface area contributed by atoms with Gasteiger partial charge in [-0.3, -0.25) is 4.79 Å². The molecular formula is C7H18N2O2. The van der Waals surface area contributed by atoms with Crippen LogP contribution in [0.4, 0.5) is 0 Å². The molecule has 4 heteroatoms. The van der Waals surface area contributed by atoms with E-state index in [4.69, 9.17) is 9.90 Å². The van der Waals surface area contributed by atoms with E-state index in [1.54, 1.807) is 0 Å². The Morgan fingerprint density at radius 1 is 1.36 bits per heavy atom. The molecule has 4 nitrogen and oxygen atoms in total. The van der Waals surface area contributed by atoms with Gasteiger partial charge in [-0.05, 0) is 33.0 Å². The lowest BCUT2D eigenvalue weighted by molar-refractivity contribution is -0.134. The van der Waals surface area contributed by atoms with Crippen LogP contribution < -0.4 is 6.15 Å². The maximum atomic E-state index is 9.00. The molecular weight excluding hydrogens is 144 g/mol. The number of aliphatic carboxylic acids is 1. The van der Waals surface area contributed by atoms with E-state index < -0.39 is 5.97 Å². The molecule has 68 valence electrons. The van der Waals surface area contributed by atoms with Crippen LogP contribution in [0.15, 0.2) is 0 Å². The smallest absolute Gasteiger partial charge is 0.300 e. The molecule has 1 heterocycles. The van der Waals surface area contributed by atoms with Crippen LogP contribution in [0, 0.1) is 0 Å². The quantitative estimate of drug-likeness (QED) is 0.556. The summed E-state index contributed by atoms with van der Waals surface area (Å²) in [6.07, 6.45) is 2.83. The van der Waals surface area contributed by atoms with Crippen molar-refractivity contribution in [1.29, 1.82) is 0 Å². The predicted octanol–water partition coefficient (Wildman–Crippen LogP) is 0.965. The zero-order chi connectivity index (χ0) is 7.98. The van der Waals surface area contributed by atoms with Crippen molar-refractivity contribution in [2.75, 3.05) is 20.1 Å². The third-order valence-corrected chi connectivity index (χ3v) is 1.33. The summed E-state index contributed by atoms with van der Waals surface area (Å²) in [7, 11) is 2.17. The fourth-order valence-corrected chi connectivity index (χ4v) is 0.875. The van der Waals surface area contributed by atoms with E-state index in [0.29, 0.717) is 0 Å². The summed E-state index contributed by atoms with van der Waals surface area (Å²) in [4.78, 5) is 11.4. The first kappa shape index (κ1) is 13.0. The van der Waals surface area contributed by atoms with Gasteiger partial charge in [0.1, 0.15) is 0 Å². The van der Waals surface area contributed by atoms with Gasteiger partial charge in [0, 0.05) is 6.92 Å². The summed E-state index contributed by atoms with van der Waals surface area (Å²) in [6.45, 7) is 3.72. The molecule has 0 aromatic rings. The monoisotopic (exact) mass is 162 g/mol. The van der Waals surface area contributed by atoms with E-state index in [0.717, 1.165) is 6.92 Å². The topological polar surface area (TPSA) is 75.5 Å². The fraction of sp³-hybridized carbons (Fsp3) is 0.857. The standard InChI is InChI=1S/C5H11N.C2H4O2.H3N/c1-6-4-2-3-5-6;1-2(3)4;/h2-5H2,1H3;1H3,(H,3,4);1H3. The minimum atomic E-state index is -0.833. The van der Waals surface area contributed by atoms with Gasteiger partial charge in [0.2, 0.25) is 0 Å². The number of carbonyl (C=O) groups is 1. The molecule has 0 saturated carbocycles. The number of hydrogen-bond donors (Lipinski definition) is 2. The van der Waals surface area contributed by atoms with Crippen molar-refractivity contribution in [3.05, 3.63) is 0 Å². The Morgan fingerprint density at radius 2 is 1.64 bits per heavy atom.